The van der Waals surface area contributed by atoms with E-state index in [1.165, 1.54) is 18.2 Å². The molecule has 2 aliphatic rings. The fraction of sp³-hybridized carbons (Fsp3) is 0.667. The van der Waals surface area contributed by atoms with E-state index in [1.807, 2.05) is 6.92 Å². The molecule has 162 valence electrons. The predicted molar refractivity (Wildman–Crippen MR) is 103 cm³/mol. The number of nitrogens with zero attached hydrogens (tertiary/aromatic N) is 1. The molecular weight excluding hydrogens is 385 g/mol. The smallest absolute Gasteiger partial charge is 0.406 e. The largest absolute Gasteiger partial charge is 0.573 e. The lowest BCUT2D eigenvalue weighted by Gasteiger charge is -2.42. The minimum atomic E-state index is -4.81. The van der Waals surface area contributed by atoms with Crippen LogP contribution in [0.5, 0.6) is 5.75 Å². The fourth-order valence-corrected chi connectivity index (χ4v) is 4.51. The highest BCUT2D eigenvalue weighted by Gasteiger charge is 2.45. The molecule has 2 fully saturated rings. The average molecular weight is 414 g/mol. The SMILES string of the molecule is CCC1CN(C(=O)[C@H](c2cccc(OC(F)(F)F)c2)C2(O)CCCCC2)CCN1. The second-order valence-corrected chi connectivity index (χ2v) is 8.06. The number of carbonyl (C=O) groups is 1. The van der Waals surface area contributed by atoms with Crippen molar-refractivity contribution in [3.63, 3.8) is 0 Å². The molecule has 1 aliphatic carbocycles. The Morgan fingerprint density at radius 2 is 2.07 bits per heavy atom. The lowest BCUT2D eigenvalue weighted by molar-refractivity contribution is -0.274. The van der Waals surface area contributed by atoms with Gasteiger partial charge in [-0.15, -0.1) is 13.2 Å². The average Bonchev–Trinajstić information content (AvgIpc) is 2.67. The second-order valence-electron chi connectivity index (χ2n) is 8.06. The predicted octanol–water partition coefficient (Wildman–Crippen LogP) is 3.57. The van der Waals surface area contributed by atoms with Gasteiger partial charge in [0.05, 0.1) is 11.5 Å². The van der Waals surface area contributed by atoms with Crippen molar-refractivity contribution in [1.29, 1.82) is 0 Å². The molecule has 0 bridgehead atoms. The summed E-state index contributed by atoms with van der Waals surface area (Å²) in [6, 6.07) is 5.67. The van der Waals surface area contributed by atoms with E-state index in [0.29, 0.717) is 38.0 Å². The highest BCUT2D eigenvalue weighted by molar-refractivity contribution is 5.85. The van der Waals surface area contributed by atoms with Crippen LogP contribution in [0.15, 0.2) is 24.3 Å². The zero-order valence-corrected chi connectivity index (χ0v) is 16.7. The summed E-state index contributed by atoms with van der Waals surface area (Å²) in [7, 11) is 0. The Balaban J connectivity index is 1.93. The van der Waals surface area contributed by atoms with Gasteiger partial charge >= 0.3 is 6.36 Å². The number of ether oxygens (including phenoxy) is 1. The van der Waals surface area contributed by atoms with Crippen LogP contribution >= 0.6 is 0 Å². The number of alkyl halides is 3. The summed E-state index contributed by atoms with van der Waals surface area (Å²) in [5.41, 5.74) is -0.897. The highest BCUT2D eigenvalue weighted by atomic mass is 19.4. The van der Waals surface area contributed by atoms with Crippen LogP contribution < -0.4 is 10.1 Å². The van der Waals surface area contributed by atoms with Crippen LogP contribution in [-0.4, -0.2) is 53.6 Å². The number of halogens is 3. The second kappa shape index (κ2) is 8.92. The number of piperazine rings is 1. The molecule has 2 atom stereocenters. The van der Waals surface area contributed by atoms with Gasteiger partial charge in [0.1, 0.15) is 5.75 Å². The third-order valence-corrected chi connectivity index (χ3v) is 5.99. The van der Waals surface area contributed by atoms with E-state index in [0.717, 1.165) is 25.7 Å². The highest BCUT2D eigenvalue weighted by Crippen LogP contribution is 2.42. The van der Waals surface area contributed by atoms with Gasteiger partial charge in [0.15, 0.2) is 0 Å². The molecule has 1 unspecified atom stereocenters. The van der Waals surface area contributed by atoms with Crippen LogP contribution in [0.2, 0.25) is 0 Å². The molecule has 5 nitrogen and oxygen atoms in total. The van der Waals surface area contributed by atoms with Crippen LogP contribution in [0.3, 0.4) is 0 Å². The molecule has 8 heteroatoms. The molecule has 1 aromatic rings. The van der Waals surface area contributed by atoms with Gasteiger partial charge in [-0.05, 0) is 37.0 Å². The van der Waals surface area contributed by atoms with E-state index in [1.54, 1.807) is 11.0 Å². The number of amides is 1. The Hall–Kier alpha value is -1.80. The first-order chi connectivity index (χ1) is 13.7. The molecular formula is C21H29F3N2O3. The van der Waals surface area contributed by atoms with Crippen LogP contribution in [0.25, 0.3) is 0 Å². The summed E-state index contributed by atoms with van der Waals surface area (Å²) < 4.78 is 42.1. The minimum absolute atomic E-state index is 0.175. The van der Waals surface area contributed by atoms with E-state index >= 15 is 0 Å². The maximum atomic E-state index is 13.5. The first-order valence-corrected chi connectivity index (χ1v) is 10.3. The number of rotatable bonds is 5. The molecule has 0 spiro atoms. The lowest BCUT2D eigenvalue weighted by atomic mass is 9.72. The third kappa shape index (κ3) is 5.42. The quantitative estimate of drug-likeness (QED) is 0.773. The number of hydrogen-bond donors (Lipinski definition) is 2. The summed E-state index contributed by atoms with van der Waals surface area (Å²) in [6.45, 7) is 3.74. The first-order valence-electron chi connectivity index (χ1n) is 10.3. The Kier molecular flexibility index (Phi) is 6.73. The van der Waals surface area contributed by atoms with E-state index in [4.69, 9.17) is 0 Å². The summed E-state index contributed by atoms with van der Waals surface area (Å²) in [6.07, 6.45) is -0.475. The molecule has 1 aromatic carbocycles. The molecule has 1 amide bonds. The summed E-state index contributed by atoms with van der Waals surface area (Å²) in [5.74, 6) is -1.51. The number of benzene rings is 1. The topological polar surface area (TPSA) is 61.8 Å². The van der Waals surface area contributed by atoms with Crippen molar-refractivity contribution in [3.8, 4) is 5.75 Å². The third-order valence-electron chi connectivity index (χ3n) is 5.99. The summed E-state index contributed by atoms with van der Waals surface area (Å²) in [5, 5.41) is 14.8. The van der Waals surface area contributed by atoms with Gasteiger partial charge in [0, 0.05) is 25.7 Å². The van der Waals surface area contributed by atoms with Crippen LogP contribution in [-0.2, 0) is 4.79 Å². The Bertz CT molecular complexity index is 705. The molecule has 29 heavy (non-hydrogen) atoms. The van der Waals surface area contributed by atoms with Gasteiger partial charge in [-0.1, -0.05) is 38.3 Å². The Morgan fingerprint density at radius 3 is 2.72 bits per heavy atom. The van der Waals surface area contributed by atoms with Crippen molar-refractivity contribution >= 4 is 5.91 Å². The summed E-state index contributed by atoms with van der Waals surface area (Å²) >= 11 is 0. The lowest BCUT2D eigenvalue weighted by Crippen LogP contribution is -2.56. The molecule has 1 saturated heterocycles. The van der Waals surface area contributed by atoms with Crippen LogP contribution in [0.4, 0.5) is 13.2 Å². The number of hydrogen-bond acceptors (Lipinski definition) is 4. The monoisotopic (exact) mass is 414 g/mol. The maximum absolute atomic E-state index is 13.5. The van der Waals surface area contributed by atoms with E-state index in [-0.39, 0.29) is 17.7 Å². The van der Waals surface area contributed by atoms with Gasteiger partial charge in [0.25, 0.3) is 0 Å². The van der Waals surface area contributed by atoms with Crippen molar-refractivity contribution < 1.29 is 27.8 Å². The Morgan fingerprint density at radius 1 is 1.34 bits per heavy atom. The zero-order valence-electron chi connectivity index (χ0n) is 16.7. The van der Waals surface area contributed by atoms with Gasteiger partial charge < -0.3 is 20.1 Å². The van der Waals surface area contributed by atoms with Gasteiger partial charge in [-0.3, -0.25) is 4.79 Å². The van der Waals surface area contributed by atoms with Gasteiger partial charge in [0.2, 0.25) is 5.91 Å². The molecule has 1 heterocycles. The number of nitrogens with one attached hydrogen (secondary N) is 1. The van der Waals surface area contributed by atoms with E-state index in [2.05, 4.69) is 10.1 Å². The summed E-state index contributed by atoms with van der Waals surface area (Å²) in [4.78, 5) is 15.3. The minimum Gasteiger partial charge on any atom is -0.406 e. The number of carbonyl (C=O) groups excluding carboxylic acids is 1. The Labute approximate surface area is 169 Å². The first kappa shape index (κ1) is 21.9. The van der Waals surface area contributed by atoms with Crippen molar-refractivity contribution in [2.75, 3.05) is 19.6 Å². The van der Waals surface area contributed by atoms with Crippen molar-refractivity contribution in [3.05, 3.63) is 29.8 Å². The van der Waals surface area contributed by atoms with E-state index < -0.39 is 17.9 Å². The fourth-order valence-electron chi connectivity index (χ4n) is 4.51. The molecule has 1 aliphatic heterocycles. The molecule has 3 rings (SSSR count). The molecule has 0 aromatic heterocycles. The van der Waals surface area contributed by atoms with Crippen LogP contribution in [0, 0.1) is 0 Å². The normalized spacial score (nSPS) is 23.5. The molecule has 1 saturated carbocycles. The van der Waals surface area contributed by atoms with Crippen molar-refractivity contribution in [2.45, 2.75) is 69.4 Å². The molecule has 0 radical (unpaired) electrons. The van der Waals surface area contributed by atoms with Crippen LogP contribution in [0.1, 0.15) is 56.9 Å². The van der Waals surface area contributed by atoms with E-state index in [9.17, 15) is 23.1 Å². The molecule has 2 N–H and O–H groups in total. The zero-order chi connectivity index (χ0) is 21.1. The van der Waals surface area contributed by atoms with Crippen molar-refractivity contribution in [1.82, 2.24) is 10.2 Å². The van der Waals surface area contributed by atoms with Crippen molar-refractivity contribution in [2.24, 2.45) is 0 Å². The van der Waals surface area contributed by atoms with Gasteiger partial charge in [-0.2, -0.15) is 0 Å². The maximum Gasteiger partial charge on any atom is 0.573 e. The van der Waals surface area contributed by atoms with Gasteiger partial charge in [-0.25, -0.2) is 0 Å². The number of aliphatic hydroxyl groups is 1. The standard InChI is InChI=1S/C21H29F3N2O3/c1-2-16-14-26(12-11-25-16)19(27)18(20(28)9-4-3-5-10-20)15-7-6-8-17(13-15)29-21(22,23)24/h6-8,13,16,18,25,28H,2-5,9-12,14H2,1H3/t16?,18-/m0/s1.